The molecule has 1 atom stereocenters. The van der Waals surface area contributed by atoms with E-state index in [2.05, 4.69) is 32.4 Å². The van der Waals surface area contributed by atoms with Crippen molar-refractivity contribution in [3.63, 3.8) is 0 Å². The Labute approximate surface area is 208 Å². The highest BCUT2D eigenvalue weighted by Gasteiger charge is 2.30. The molecule has 176 valence electrons. The molecular weight excluding hydrogens is 478 g/mol. The first-order valence-corrected chi connectivity index (χ1v) is 13.8. The molecule has 0 amide bonds. The molecule has 6 rings (SSSR count). The van der Waals surface area contributed by atoms with Crippen LogP contribution in [0.1, 0.15) is 23.3 Å². The number of benzene rings is 2. The maximum atomic E-state index is 13.1. The first-order valence-electron chi connectivity index (χ1n) is 11.6. The molecule has 9 heteroatoms. The highest BCUT2D eigenvalue weighted by atomic mass is 32.2. The third-order valence-corrected chi connectivity index (χ3v) is 9.14. The van der Waals surface area contributed by atoms with Crippen molar-refractivity contribution in [3.8, 4) is 11.8 Å². The third-order valence-electron chi connectivity index (χ3n) is 6.27. The average Bonchev–Trinajstić information content (AvgIpc) is 3.63. The van der Waals surface area contributed by atoms with Gasteiger partial charge >= 0.3 is 0 Å². The predicted octanol–water partition coefficient (Wildman–Crippen LogP) is 4.29. The van der Waals surface area contributed by atoms with Crippen LogP contribution in [0.5, 0.6) is 0 Å². The number of nitrogens with zero attached hydrogens (tertiary/aromatic N) is 3. The number of anilines is 3. The Morgan fingerprint density at radius 3 is 2.83 bits per heavy atom. The molecule has 4 heterocycles. The summed E-state index contributed by atoms with van der Waals surface area (Å²) < 4.78 is 28.7. The van der Waals surface area contributed by atoms with Crippen LogP contribution in [0.4, 0.5) is 17.2 Å². The Balaban J connectivity index is 1.26. The van der Waals surface area contributed by atoms with Crippen LogP contribution in [0.2, 0.25) is 0 Å². The van der Waals surface area contributed by atoms with E-state index in [1.165, 1.54) is 10.7 Å². The Kier molecular flexibility index (Phi) is 5.65. The quantitative estimate of drug-likeness (QED) is 0.406. The number of fused-ring (bicyclic) bond motifs is 2. The molecule has 2 aromatic carbocycles. The summed E-state index contributed by atoms with van der Waals surface area (Å²) in [7, 11) is -3.59. The van der Waals surface area contributed by atoms with Gasteiger partial charge < -0.3 is 10.6 Å². The van der Waals surface area contributed by atoms with Crippen molar-refractivity contribution in [2.24, 2.45) is 0 Å². The number of hydrogen-bond donors (Lipinski definition) is 2. The smallest absolute Gasteiger partial charge is 0.264 e. The van der Waals surface area contributed by atoms with Crippen molar-refractivity contribution < 1.29 is 8.42 Å². The fourth-order valence-electron chi connectivity index (χ4n) is 4.53. The zero-order chi connectivity index (χ0) is 23.8. The van der Waals surface area contributed by atoms with Crippen LogP contribution >= 0.6 is 11.3 Å². The lowest BCUT2D eigenvalue weighted by Crippen LogP contribution is -2.29. The van der Waals surface area contributed by atoms with E-state index in [1.807, 2.05) is 30.3 Å². The molecule has 2 aromatic heterocycles. The number of rotatable bonds is 4. The average molecular weight is 502 g/mol. The molecule has 2 aliphatic heterocycles. The summed E-state index contributed by atoms with van der Waals surface area (Å²) in [6, 6.07) is 16.6. The van der Waals surface area contributed by atoms with E-state index in [-0.39, 0.29) is 6.04 Å². The highest BCUT2D eigenvalue weighted by Crippen LogP contribution is 2.36. The first kappa shape index (κ1) is 22.0. The zero-order valence-electron chi connectivity index (χ0n) is 18.9. The van der Waals surface area contributed by atoms with E-state index in [9.17, 15) is 8.42 Å². The van der Waals surface area contributed by atoms with Crippen molar-refractivity contribution in [1.29, 1.82) is 0 Å². The molecule has 1 saturated heterocycles. The zero-order valence-corrected chi connectivity index (χ0v) is 20.5. The van der Waals surface area contributed by atoms with Crippen LogP contribution in [-0.2, 0) is 16.4 Å². The monoisotopic (exact) mass is 501 g/mol. The lowest BCUT2D eigenvalue weighted by Gasteiger charge is -2.19. The van der Waals surface area contributed by atoms with Gasteiger partial charge in [-0.15, -0.1) is 11.3 Å². The Morgan fingerprint density at radius 1 is 1.11 bits per heavy atom. The summed E-state index contributed by atoms with van der Waals surface area (Å²) in [6.07, 6.45) is 4.47. The second-order valence-electron chi connectivity index (χ2n) is 8.57. The number of aromatic nitrogens is 2. The molecule has 0 spiro atoms. The summed E-state index contributed by atoms with van der Waals surface area (Å²) in [5, 5.41) is 6.80. The van der Waals surface area contributed by atoms with Crippen LogP contribution in [0, 0.1) is 11.8 Å². The van der Waals surface area contributed by atoms with Crippen LogP contribution in [0.3, 0.4) is 0 Å². The molecule has 1 fully saturated rings. The standard InChI is InChI=1S/C26H23N5O2S2/c32-35(33,22-6-2-1-3-7-22)31-14-12-18-15-20(9-11-24(18)31)30-26-25-23(28-17-29-26)16-21(34-25)10-8-19-5-4-13-27-19/h1-3,6-7,9,11,15-17,19,27H,4-5,12-14H2,(H,28,29,30)/t19-/m1/s1. The molecule has 2 N–H and O–H groups in total. The summed E-state index contributed by atoms with van der Waals surface area (Å²) >= 11 is 1.58. The van der Waals surface area contributed by atoms with E-state index in [0.717, 1.165) is 50.8 Å². The van der Waals surface area contributed by atoms with Crippen LogP contribution in [-0.4, -0.2) is 37.5 Å². The van der Waals surface area contributed by atoms with Gasteiger partial charge in [-0.1, -0.05) is 30.0 Å². The van der Waals surface area contributed by atoms with Crippen molar-refractivity contribution in [3.05, 3.63) is 71.4 Å². The molecular formula is C26H23N5O2S2. The lowest BCUT2D eigenvalue weighted by atomic mass is 10.1. The van der Waals surface area contributed by atoms with Gasteiger partial charge in [0, 0.05) is 12.2 Å². The van der Waals surface area contributed by atoms with Gasteiger partial charge in [0.2, 0.25) is 0 Å². The maximum Gasteiger partial charge on any atom is 0.264 e. The van der Waals surface area contributed by atoms with Gasteiger partial charge in [-0.3, -0.25) is 4.31 Å². The van der Waals surface area contributed by atoms with Crippen molar-refractivity contribution >= 4 is 48.8 Å². The number of thiophene rings is 1. The number of sulfonamides is 1. The minimum atomic E-state index is -3.59. The van der Waals surface area contributed by atoms with Crippen molar-refractivity contribution in [2.75, 3.05) is 22.7 Å². The molecule has 0 aliphatic carbocycles. The van der Waals surface area contributed by atoms with Gasteiger partial charge in [0.05, 0.1) is 31.7 Å². The van der Waals surface area contributed by atoms with Gasteiger partial charge in [0.25, 0.3) is 10.0 Å². The molecule has 2 aliphatic rings. The highest BCUT2D eigenvalue weighted by molar-refractivity contribution is 7.92. The molecule has 0 radical (unpaired) electrons. The predicted molar refractivity (Wildman–Crippen MR) is 140 cm³/mol. The van der Waals surface area contributed by atoms with Gasteiger partial charge in [-0.05, 0) is 67.8 Å². The fraction of sp³-hybridized carbons (Fsp3) is 0.231. The van der Waals surface area contributed by atoms with E-state index in [4.69, 9.17) is 0 Å². The SMILES string of the molecule is O=S(=O)(c1ccccc1)N1CCc2cc(Nc3ncnc4cc(C#C[C@H]5CCCN5)sc34)ccc21. The summed E-state index contributed by atoms with van der Waals surface area (Å²) in [4.78, 5) is 10.1. The number of nitrogens with one attached hydrogen (secondary N) is 2. The van der Waals surface area contributed by atoms with Gasteiger partial charge in [-0.25, -0.2) is 18.4 Å². The van der Waals surface area contributed by atoms with E-state index in [0.29, 0.717) is 17.9 Å². The normalized spacial score (nSPS) is 17.3. The van der Waals surface area contributed by atoms with E-state index in [1.54, 1.807) is 41.9 Å². The minimum Gasteiger partial charge on any atom is -0.339 e. The fourth-order valence-corrected chi connectivity index (χ4v) is 6.97. The second-order valence-corrected chi connectivity index (χ2v) is 11.5. The maximum absolute atomic E-state index is 13.1. The van der Waals surface area contributed by atoms with Gasteiger partial charge in [0.15, 0.2) is 5.82 Å². The Morgan fingerprint density at radius 2 is 2.00 bits per heavy atom. The summed E-state index contributed by atoms with van der Waals surface area (Å²) in [5.41, 5.74) is 3.43. The van der Waals surface area contributed by atoms with Crippen LogP contribution < -0.4 is 14.9 Å². The third kappa shape index (κ3) is 4.25. The molecule has 4 aromatic rings. The van der Waals surface area contributed by atoms with Crippen LogP contribution in [0.15, 0.2) is 65.8 Å². The topological polar surface area (TPSA) is 87.2 Å². The number of hydrogen-bond acceptors (Lipinski definition) is 7. The minimum absolute atomic E-state index is 0.264. The summed E-state index contributed by atoms with van der Waals surface area (Å²) in [5.74, 6) is 7.31. The largest absolute Gasteiger partial charge is 0.339 e. The molecule has 7 nitrogen and oxygen atoms in total. The lowest BCUT2D eigenvalue weighted by molar-refractivity contribution is 0.592. The van der Waals surface area contributed by atoms with E-state index >= 15 is 0 Å². The van der Waals surface area contributed by atoms with Crippen molar-refractivity contribution in [1.82, 2.24) is 15.3 Å². The first-order chi connectivity index (χ1) is 17.1. The van der Waals surface area contributed by atoms with Gasteiger partial charge in [-0.2, -0.15) is 0 Å². The Bertz CT molecular complexity index is 1570. The second kappa shape index (κ2) is 8.96. The Hall–Kier alpha value is -3.45. The summed E-state index contributed by atoms with van der Waals surface area (Å²) in [6.45, 7) is 1.46. The van der Waals surface area contributed by atoms with Crippen LogP contribution in [0.25, 0.3) is 10.2 Å². The van der Waals surface area contributed by atoms with Gasteiger partial charge in [0.1, 0.15) is 6.33 Å². The van der Waals surface area contributed by atoms with Crippen molar-refractivity contribution in [2.45, 2.75) is 30.2 Å². The molecule has 0 saturated carbocycles. The molecule has 0 unspecified atom stereocenters. The van der Waals surface area contributed by atoms with E-state index < -0.39 is 10.0 Å². The molecule has 0 bridgehead atoms. The molecule has 35 heavy (non-hydrogen) atoms.